The van der Waals surface area contributed by atoms with Crippen molar-refractivity contribution in [3.63, 3.8) is 0 Å². The monoisotopic (exact) mass is 225 g/mol. The molecule has 1 aromatic rings. The minimum Gasteiger partial charge on any atom is -0.508 e. The van der Waals surface area contributed by atoms with E-state index in [4.69, 9.17) is 10.2 Å². The van der Waals surface area contributed by atoms with Gasteiger partial charge in [-0.15, -0.1) is 0 Å². The maximum Gasteiger partial charge on any atom is 0.404 e. The first-order valence-electron chi connectivity index (χ1n) is 5.20. The molecule has 0 aromatic heterocycles. The fourth-order valence-electron chi connectivity index (χ4n) is 1.04. The van der Waals surface area contributed by atoms with Crippen LogP contribution in [0.2, 0.25) is 0 Å². The summed E-state index contributed by atoms with van der Waals surface area (Å²) in [7, 11) is 1.35. The molecule has 1 rings (SSSR count). The molecule has 1 atom stereocenters. The molecule has 0 saturated carbocycles. The van der Waals surface area contributed by atoms with Gasteiger partial charge in [-0.2, -0.15) is 0 Å². The second-order valence-corrected chi connectivity index (χ2v) is 3.46. The molecule has 0 saturated heterocycles. The van der Waals surface area contributed by atoms with Crippen LogP contribution in [0.4, 0.5) is 4.79 Å². The number of benzene rings is 1. The lowest BCUT2D eigenvalue weighted by atomic mass is 9.99. The topological polar surface area (TPSA) is 69.6 Å². The highest BCUT2D eigenvalue weighted by molar-refractivity contribution is 5.63. The zero-order valence-electron chi connectivity index (χ0n) is 9.90. The summed E-state index contributed by atoms with van der Waals surface area (Å²) in [6.07, 6.45) is 0.148. The Bertz CT molecular complexity index is 309. The Morgan fingerprint density at radius 3 is 2.12 bits per heavy atom. The number of hydrogen-bond acceptors (Lipinski definition) is 2. The van der Waals surface area contributed by atoms with Crippen LogP contribution in [0.3, 0.4) is 0 Å². The number of nitrogens with one attached hydrogen (secondary N) is 1. The number of phenols is 1. The molecule has 1 amide bonds. The fourth-order valence-corrected chi connectivity index (χ4v) is 1.04. The van der Waals surface area contributed by atoms with Gasteiger partial charge in [-0.1, -0.05) is 26.0 Å². The summed E-state index contributed by atoms with van der Waals surface area (Å²) < 4.78 is 0. The molecule has 0 fully saturated rings. The normalized spacial score (nSPS) is 10.9. The Morgan fingerprint density at radius 1 is 1.38 bits per heavy atom. The SMILES string of the molecule is CCC(C)c1ccc(O)cc1.CNC(=O)O. The number of aromatic hydroxyl groups is 1. The fraction of sp³-hybridized carbons (Fsp3) is 0.417. The van der Waals surface area contributed by atoms with Gasteiger partial charge in [0.05, 0.1) is 0 Å². The van der Waals surface area contributed by atoms with E-state index in [-0.39, 0.29) is 0 Å². The van der Waals surface area contributed by atoms with Crippen LogP contribution in [-0.2, 0) is 0 Å². The molecule has 4 nitrogen and oxygen atoms in total. The third-order valence-electron chi connectivity index (χ3n) is 2.29. The molecule has 16 heavy (non-hydrogen) atoms. The molecule has 1 aromatic carbocycles. The van der Waals surface area contributed by atoms with Gasteiger partial charge in [0.2, 0.25) is 0 Å². The number of amides is 1. The van der Waals surface area contributed by atoms with E-state index in [1.807, 2.05) is 17.4 Å². The first-order chi connectivity index (χ1) is 7.51. The van der Waals surface area contributed by atoms with Gasteiger partial charge in [-0.25, -0.2) is 4.79 Å². The molecule has 1 unspecified atom stereocenters. The third-order valence-corrected chi connectivity index (χ3v) is 2.29. The molecule has 0 bridgehead atoms. The van der Waals surface area contributed by atoms with Crippen LogP contribution in [0, 0.1) is 0 Å². The lowest BCUT2D eigenvalue weighted by Crippen LogP contribution is -2.13. The van der Waals surface area contributed by atoms with Crippen LogP contribution in [0.1, 0.15) is 31.7 Å². The van der Waals surface area contributed by atoms with Crippen molar-refractivity contribution in [1.82, 2.24) is 5.32 Å². The molecule has 0 spiro atoms. The Hall–Kier alpha value is -1.71. The molecule has 0 aliphatic rings. The molecule has 3 N–H and O–H groups in total. The van der Waals surface area contributed by atoms with Crippen molar-refractivity contribution in [2.75, 3.05) is 7.05 Å². The summed E-state index contributed by atoms with van der Waals surface area (Å²) in [4.78, 5) is 9.26. The molecule has 0 radical (unpaired) electrons. The van der Waals surface area contributed by atoms with E-state index in [0.717, 1.165) is 6.42 Å². The number of hydrogen-bond donors (Lipinski definition) is 3. The van der Waals surface area contributed by atoms with Crippen molar-refractivity contribution < 1.29 is 15.0 Å². The molecule has 0 heterocycles. The van der Waals surface area contributed by atoms with Crippen molar-refractivity contribution in [1.29, 1.82) is 0 Å². The lowest BCUT2D eigenvalue weighted by molar-refractivity contribution is 0.197. The van der Waals surface area contributed by atoms with Gasteiger partial charge in [0, 0.05) is 7.05 Å². The van der Waals surface area contributed by atoms with Crippen LogP contribution >= 0.6 is 0 Å². The molecular weight excluding hydrogens is 206 g/mol. The Morgan fingerprint density at radius 2 is 1.81 bits per heavy atom. The van der Waals surface area contributed by atoms with E-state index in [0.29, 0.717) is 11.7 Å². The van der Waals surface area contributed by atoms with E-state index >= 15 is 0 Å². The zero-order chi connectivity index (χ0) is 12.6. The van der Waals surface area contributed by atoms with Crippen LogP contribution in [0.15, 0.2) is 24.3 Å². The third kappa shape index (κ3) is 5.90. The Balaban J connectivity index is 0.000000385. The van der Waals surface area contributed by atoms with Crippen molar-refractivity contribution in [3.05, 3.63) is 29.8 Å². The standard InChI is InChI=1S/C10H14O.C2H5NO2/c1-3-8(2)9-4-6-10(11)7-5-9;1-3-2(4)5/h4-8,11H,3H2,1-2H3;3H,1H3,(H,4,5). The lowest BCUT2D eigenvalue weighted by Gasteiger charge is -2.07. The maximum atomic E-state index is 9.26. The van der Waals surface area contributed by atoms with E-state index < -0.39 is 6.09 Å². The molecule has 0 aliphatic heterocycles. The summed E-state index contributed by atoms with van der Waals surface area (Å²) in [5.74, 6) is 0.938. The van der Waals surface area contributed by atoms with Crippen molar-refractivity contribution in [2.45, 2.75) is 26.2 Å². The van der Waals surface area contributed by atoms with Crippen molar-refractivity contribution >= 4 is 6.09 Å². The van der Waals surface area contributed by atoms with Gasteiger partial charge in [-0.3, -0.25) is 0 Å². The minimum absolute atomic E-state index is 0.344. The smallest absolute Gasteiger partial charge is 0.404 e. The van der Waals surface area contributed by atoms with E-state index in [1.165, 1.54) is 12.6 Å². The first kappa shape index (κ1) is 14.3. The number of carboxylic acid groups (broad SMARTS) is 1. The van der Waals surface area contributed by atoms with E-state index in [9.17, 15) is 4.79 Å². The van der Waals surface area contributed by atoms with Gasteiger partial charge in [0.15, 0.2) is 0 Å². The first-order valence-corrected chi connectivity index (χ1v) is 5.20. The highest BCUT2D eigenvalue weighted by atomic mass is 16.4. The molecular formula is C12H19NO3. The summed E-state index contributed by atoms with van der Waals surface area (Å²) in [6.45, 7) is 4.35. The average molecular weight is 225 g/mol. The number of phenolic OH excluding ortho intramolecular Hbond substituents is 1. The summed E-state index contributed by atoms with van der Waals surface area (Å²) >= 11 is 0. The second kappa shape index (κ2) is 7.56. The second-order valence-electron chi connectivity index (χ2n) is 3.46. The molecule has 4 heteroatoms. The van der Waals surface area contributed by atoms with Gasteiger partial charge in [0.25, 0.3) is 0 Å². The quantitative estimate of drug-likeness (QED) is 0.724. The van der Waals surface area contributed by atoms with Crippen molar-refractivity contribution in [3.8, 4) is 5.75 Å². The zero-order valence-corrected chi connectivity index (χ0v) is 9.90. The van der Waals surface area contributed by atoms with Gasteiger partial charge in [-0.05, 0) is 30.0 Å². The Kier molecular flexibility index (Phi) is 6.76. The summed E-state index contributed by atoms with van der Waals surface area (Å²) in [5, 5.41) is 18.6. The average Bonchev–Trinajstić information content (AvgIpc) is 2.29. The number of rotatable bonds is 2. The van der Waals surface area contributed by atoms with Crippen molar-refractivity contribution in [2.24, 2.45) is 0 Å². The van der Waals surface area contributed by atoms with Crippen LogP contribution < -0.4 is 5.32 Å². The highest BCUT2D eigenvalue weighted by Crippen LogP contribution is 2.20. The van der Waals surface area contributed by atoms with Gasteiger partial charge >= 0.3 is 6.09 Å². The van der Waals surface area contributed by atoms with Gasteiger partial charge < -0.3 is 15.5 Å². The maximum absolute atomic E-state index is 9.26. The summed E-state index contributed by atoms with van der Waals surface area (Å²) in [6, 6.07) is 7.43. The van der Waals surface area contributed by atoms with E-state index in [1.54, 1.807) is 12.1 Å². The van der Waals surface area contributed by atoms with Gasteiger partial charge in [0.1, 0.15) is 5.75 Å². The van der Waals surface area contributed by atoms with Crippen LogP contribution in [0.25, 0.3) is 0 Å². The van der Waals surface area contributed by atoms with Crippen LogP contribution in [-0.4, -0.2) is 23.4 Å². The molecule has 0 aliphatic carbocycles. The minimum atomic E-state index is -0.995. The molecule has 90 valence electrons. The summed E-state index contributed by atoms with van der Waals surface area (Å²) in [5.41, 5.74) is 1.30. The predicted octanol–water partition coefficient (Wildman–Crippen LogP) is 2.79. The van der Waals surface area contributed by atoms with Crippen LogP contribution in [0.5, 0.6) is 5.75 Å². The number of carbonyl (C=O) groups is 1. The van der Waals surface area contributed by atoms with E-state index in [2.05, 4.69) is 13.8 Å². The highest BCUT2D eigenvalue weighted by Gasteiger charge is 2.00. The predicted molar refractivity (Wildman–Crippen MR) is 63.9 cm³/mol. The Labute approximate surface area is 95.9 Å². The largest absolute Gasteiger partial charge is 0.508 e.